The van der Waals surface area contributed by atoms with Crippen molar-refractivity contribution in [3.8, 4) is 0 Å². The number of aryl methyl sites for hydroxylation is 1. The molecule has 1 aliphatic rings. The van der Waals surface area contributed by atoms with Gasteiger partial charge in [0.2, 0.25) is 11.8 Å². The first-order valence-corrected chi connectivity index (χ1v) is 16.0. The van der Waals surface area contributed by atoms with Crippen LogP contribution in [0.25, 0.3) is 0 Å². The number of carbonyl (C=O) groups excluding carboxylic acids is 2. The smallest absolute Gasteiger partial charge is 0.304 e. The molecule has 8 nitrogen and oxygen atoms in total. The van der Waals surface area contributed by atoms with Crippen LogP contribution >= 0.6 is 0 Å². The van der Waals surface area contributed by atoms with Crippen LogP contribution in [0.2, 0.25) is 0 Å². The molecule has 42 heavy (non-hydrogen) atoms. The molecule has 0 unspecified atom stereocenters. The van der Waals surface area contributed by atoms with E-state index in [4.69, 9.17) is 0 Å². The lowest BCUT2D eigenvalue weighted by Gasteiger charge is -2.35. The Balaban J connectivity index is 1.74. The highest BCUT2D eigenvalue weighted by Crippen LogP contribution is 2.23. The maximum absolute atomic E-state index is 14.3. The van der Waals surface area contributed by atoms with Gasteiger partial charge < -0.3 is 10.2 Å². The van der Waals surface area contributed by atoms with Gasteiger partial charge in [-0.15, -0.1) is 0 Å². The van der Waals surface area contributed by atoms with Crippen molar-refractivity contribution < 1.29 is 18.0 Å². The van der Waals surface area contributed by atoms with Gasteiger partial charge in [0.25, 0.3) is 0 Å². The molecule has 0 aromatic heterocycles. The Hall–Kier alpha value is -3.69. The quantitative estimate of drug-likeness (QED) is 0.331. The molecular formula is C33H42N4O4S. The maximum Gasteiger partial charge on any atom is 0.304 e. The molecule has 1 aliphatic carbocycles. The Morgan fingerprint density at radius 3 is 2.10 bits per heavy atom. The largest absolute Gasteiger partial charge is 0.352 e. The van der Waals surface area contributed by atoms with Crippen LogP contribution in [0.15, 0.2) is 84.9 Å². The van der Waals surface area contributed by atoms with Crippen LogP contribution < -0.4 is 9.62 Å². The van der Waals surface area contributed by atoms with E-state index in [9.17, 15) is 18.0 Å². The van der Waals surface area contributed by atoms with Gasteiger partial charge in [-0.1, -0.05) is 97.6 Å². The number of nitrogens with zero attached hydrogens (tertiary/aromatic N) is 3. The third-order valence-corrected chi connectivity index (χ3v) is 9.54. The van der Waals surface area contributed by atoms with Gasteiger partial charge in [-0.3, -0.25) is 9.59 Å². The summed E-state index contributed by atoms with van der Waals surface area (Å²) in [6.45, 7) is 1.70. The van der Waals surface area contributed by atoms with E-state index in [1.54, 1.807) is 35.2 Å². The first-order chi connectivity index (χ1) is 20.1. The van der Waals surface area contributed by atoms with Crippen LogP contribution in [0.3, 0.4) is 0 Å². The van der Waals surface area contributed by atoms with Gasteiger partial charge in [-0.25, -0.2) is 4.31 Å². The zero-order valence-electron chi connectivity index (χ0n) is 24.8. The minimum absolute atomic E-state index is 0.0652. The Morgan fingerprint density at radius 2 is 1.48 bits per heavy atom. The number of anilines is 1. The summed E-state index contributed by atoms with van der Waals surface area (Å²) in [5.41, 5.74) is 3.20. The molecule has 0 spiro atoms. The molecular weight excluding hydrogens is 548 g/mol. The van der Waals surface area contributed by atoms with Crippen molar-refractivity contribution >= 4 is 27.7 Å². The fourth-order valence-electron chi connectivity index (χ4n) is 5.42. The molecule has 4 rings (SSSR count). The maximum atomic E-state index is 14.3. The first-order valence-electron chi connectivity index (χ1n) is 14.6. The second-order valence-corrected chi connectivity index (χ2v) is 13.3. The van der Waals surface area contributed by atoms with Gasteiger partial charge in [0.1, 0.15) is 12.6 Å². The predicted octanol–water partition coefficient (Wildman–Crippen LogP) is 4.70. The van der Waals surface area contributed by atoms with Gasteiger partial charge in [0.05, 0.1) is 5.69 Å². The van der Waals surface area contributed by atoms with Crippen molar-refractivity contribution in [1.29, 1.82) is 0 Å². The van der Waals surface area contributed by atoms with Crippen LogP contribution in [0.1, 0.15) is 48.8 Å². The van der Waals surface area contributed by atoms with Gasteiger partial charge in [-0.2, -0.15) is 12.7 Å². The number of rotatable bonds is 12. The summed E-state index contributed by atoms with van der Waals surface area (Å²) in [7, 11) is -1.13. The Bertz CT molecular complexity index is 1420. The van der Waals surface area contributed by atoms with Gasteiger partial charge in [0.15, 0.2) is 0 Å². The van der Waals surface area contributed by atoms with Gasteiger partial charge in [0, 0.05) is 33.1 Å². The average Bonchev–Trinajstić information content (AvgIpc) is 2.99. The summed E-state index contributed by atoms with van der Waals surface area (Å²) in [6, 6.07) is 25.3. The summed E-state index contributed by atoms with van der Waals surface area (Å²) in [5.74, 6) is -0.668. The molecule has 1 fully saturated rings. The number of benzene rings is 3. The summed E-state index contributed by atoms with van der Waals surface area (Å²) >= 11 is 0. The van der Waals surface area contributed by atoms with Crippen molar-refractivity contribution in [1.82, 2.24) is 14.5 Å². The van der Waals surface area contributed by atoms with E-state index in [1.807, 2.05) is 61.5 Å². The van der Waals surface area contributed by atoms with Crippen LogP contribution in [0, 0.1) is 6.92 Å². The van der Waals surface area contributed by atoms with E-state index in [0.717, 1.165) is 57.4 Å². The molecule has 1 N–H and O–H groups in total. The van der Waals surface area contributed by atoms with Crippen LogP contribution in [-0.2, 0) is 32.8 Å². The van der Waals surface area contributed by atoms with Gasteiger partial charge >= 0.3 is 10.2 Å². The highest BCUT2D eigenvalue weighted by Gasteiger charge is 2.35. The molecule has 224 valence electrons. The van der Waals surface area contributed by atoms with E-state index >= 15 is 0 Å². The monoisotopic (exact) mass is 590 g/mol. The fraction of sp³-hybridized carbons (Fsp3) is 0.394. The van der Waals surface area contributed by atoms with E-state index in [-0.39, 0.29) is 18.5 Å². The van der Waals surface area contributed by atoms with Crippen molar-refractivity contribution in [2.45, 2.75) is 64.1 Å². The summed E-state index contributed by atoms with van der Waals surface area (Å²) in [6.07, 6.45) is 5.43. The topological polar surface area (TPSA) is 90.0 Å². The molecule has 2 amide bonds. The van der Waals surface area contributed by atoms with Crippen LogP contribution in [0.4, 0.5) is 5.69 Å². The number of hydrogen-bond donors (Lipinski definition) is 1. The molecule has 0 aliphatic heterocycles. The van der Waals surface area contributed by atoms with Crippen molar-refractivity contribution in [3.63, 3.8) is 0 Å². The van der Waals surface area contributed by atoms with E-state index < -0.39 is 28.7 Å². The third-order valence-electron chi connectivity index (χ3n) is 7.72. The Kier molecular flexibility index (Phi) is 10.8. The lowest BCUT2D eigenvalue weighted by atomic mass is 9.94. The lowest BCUT2D eigenvalue weighted by molar-refractivity contribution is -0.140. The number of hydrogen-bond acceptors (Lipinski definition) is 4. The van der Waals surface area contributed by atoms with Gasteiger partial charge in [-0.05, 0) is 43.0 Å². The first kappa shape index (κ1) is 31.3. The standard InChI is InChI=1S/C33H42N4O4S/c1-26-14-13-17-28(22-26)24-36(32(38)25-37(42(40,41)35(2)3)30-20-11-6-12-21-30)31(23-27-15-7-4-8-16-27)33(39)34-29-18-9-5-10-19-29/h4,6-8,11-17,20-22,29,31H,5,9-10,18-19,23-25H2,1-3H3,(H,34,39)/t31-/m1/s1. The van der Waals surface area contributed by atoms with Crippen molar-refractivity contribution in [2.75, 3.05) is 24.9 Å². The number of carbonyl (C=O) groups is 2. The SMILES string of the molecule is Cc1cccc(CN(C(=O)CN(c2ccccc2)S(=O)(=O)N(C)C)[C@H](Cc2ccccc2)C(=O)NC2CCCCC2)c1. The minimum Gasteiger partial charge on any atom is -0.352 e. The zero-order valence-corrected chi connectivity index (χ0v) is 25.6. The summed E-state index contributed by atoms with van der Waals surface area (Å²) in [4.78, 5) is 29.9. The van der Waals surface area contributed by atoms with Crippen LogP contribution in [-0.4, -0.2) is 62.2 Å². The predicted molar refractivity (Wildman–Crippen MR) is 167 cm³/mol. The number of nitrogens with one attached hydrogen (secondary N) is 1. The van der Waals surface area contributed by atoms with Crippen molar-refractivity contribution in [3.05, 3.63) is 102 Å². The highest BCUT2D eigenvalue weighted by molar-refractivity contribution is 7.90. The molecule has 9 heteroatoms. The Morgan fingerprint density at radius 1 is 0.857 bits per heavy atom. The third kappa shape index (κ3) is 8.20. The molecule has 0 bridgehead atoms. The molecule has 1 atom stereocenters. The Labute approximate surface area is 250 Å². The normalized spacial score (nSPS) is 14.8. The second kappa shape index (κ2) is 14.5. The number of amides is 2. The van der Waals surface area contributed by atoms with E-state index in [1.165, 1.54) is 14.1 Å². The summed E-state index contributed by atoms with van der Waals surface area (Å²) < 4.78 is 29.1. The van der Waals surface area contributed by atoms with E-state index in [0.29, 0.717) is 12.1 Å². The molecule has 3 aromatic carbocycles. The van der Waals surface area contributed by atoms with Crippen LogP contribution in [0.5, 0.6) is 0 Å². The minimum atomic E-state index is -4.01. The molecule has 3 aromatic rings. The number of para-hydroxylation sites is 1. The molecule has 0 radical (unpaired) electrons. The summed E-state index contributed by atoms with van der Waals surface area (Å²) in [5, 5.41) is 3.23. The zero-order chi connectivity index (χ0) is 30.1. The molecule has 0 heterocycles. The lowest BCUT2D eigenvalue weighted by Crippen LogP contribution is -2.55. The van der Waals surface area contributed by atoms with E-state index in [2.05, 4.69) is 5.32 Å². The van der Waals surface area contributed by atoms with Crippen molar-refractivity contribution in [2.24, 2.45) is 0 Å². The second-order valence-electron chi connectivity index (χ2n) is 11.2. The highest BCUT2D eigenvalue weighted by atomic mass is 32.2. The average molecular weight is 591 g/mol. The fourth-order valence-corrected chi connectivity index (χ4v) is 6.47. The molecule has 0 saturated heterocycles. The molecule has 1 saturated carbocycles.